The van der Waals surface area contributed by atoms with Gasteiger partial charge in [-0.25, -0.2) is 9.59 Å². The highest BCUT2D eigenvalue weighted by atomic mass is 16.5. The summed E-state index contributed by atoms with van der Waals surface area (Å²) in [6.07, 6.45) is -2.76. The van der Waals surface area contributed by atoms with Crippen LogP contribution in [0.5, 0.6) is 0 Å². The number of carbonyl (C=O) groups excluding carboxylic acids is 1. The Morgan fingerprint density at radius 1 is 1.40 bits per heavy atom. The highest BCUT2D eigenvalue weighted by Gasteiger charge is 2.52. The highest BCUT2D eigenvalue weighted by molar-refractivity contribution is 5.93. The highest BCUT2D eigenvalue weighted by Crippen LogP contribution is 2.24. The first-order valence-corrected chi connectivity index (χ1v) is 4.20. The Bertz CT molecular complexity index is 310. The molecule has 15 heavy (non-hydrogen) atoms. The van der Waals surface area contributed by atoms with Crippen molar-refractivity contribution in [3.05, 3.63) is 0 Å². The fourth-order valence-electron chi connectivity index (χ4n) is 1.37. The number of rotatable bonds is 2. The van der Waals surface area contributed by atoms with Gasteiger partial charge in [-0.3, -0.25) is 4.79 Å². The molecule has 0 amide bonds. The Hall–Kier alpha value is -1.47. The number of ether oxygens (including phenoxy) is 1. The zero-order chi connectivity index (χ0) is 11.6. The molecule has 0 bridgehead atoms. The van der Waals surface area contributed by atoms with Crippen molar-refractivity contribution in [3.63, 3.8) is 0 Å². The third kappa shape index (κ3) is 2.13. The largest absolute Gasteiger partial charge is 0.479 e. The van der Waals surface area contributed by atoms with Crippen molar-refractivity contribution in [2.75, 3.05) is 6.61 Å². The van der Waals surface area contributed by atoms with Crippen molar-refractivity contribution in [1.29, 1.82) is 0 Å². The fraction of sp³-hybridized carbons (Fsp3) is 0.625. The van der Waals surface area contributed by atoms with Gasteiger partial charge in [-0.15, -0.1) is 0 Å². The first-order chi connectivity index (χ1) is 6.88. The molecule has 1 saturated heterocycles. The molecule has 7 nitrogen and oxygen atoms in total. The van der Waals surface area contributed by atoms with Crippen molar-refractivity contribution < 1.29 is 34.4 Å². The molecule has 84 valence electrons. The number of ketones is 1. The molecule has 0 saturated carbocycles. The molecule has 1 fully saturated rings. The molecule has 0 spiro atoms. The second-order valence-electron chi connectivity index (χ2n) is 3.28. The minimum atomic E-state index is -2.68. The molecule has 1 aliphatic rings. The number of aliphatic carboxylic acids is 2. The summed E-state index contributed by atoms with van der Waals surface area (Å²) in [6, 6.07) is 0. The Morgan fingerprint density at radius 3 is 2.47 bits per heavy atom. The van der Waals surface area contributed by atoms with E-state index in [1.54, 1.807) is 0 Å². The molecule has 0 aromatic carbocycles. The van der Waals surface area contributed by atoms with Gasteiger partial charge < -0.3 is 20.1 Å². The fourth-order valence-corrected chi connectivity index (χ4v) is 1.37. The number of carboxylic acids is 2. The third-order valence-corrected chi connectivity index (χ3v) is 2.16. The molecule has 3 N–H and O–H groups in total. The molecule has 2 atom stereocenters. The normalized spacial score (nSPS) is 32.1. The molecule has 0 unspecified atom stereocenters. The van der Waals surface area contributed by atoms with E-state index in [4.69, 9.17) is 10.2 Å². The monoisotopic (exact) mass is 218 g/mol. The molecule has 0 aliphatic carbocycles. The lowest BCUT2D eigenvalue weighted by Crippen LogP contribution is -2.54. The van der Waals surface area contributed by atoms with Gasteiger partial charge in [0.1, 0.15) is 5.78 Å². The van der Waals surface area contributed by atoms with Gasteiger partial charge in [0.05, 0.1) is 6.61 Å². The lowest BCUT2D eigenvalue weighted by molar-refractivity contribution is -0.188. The molecule has 1 rings (SSSR count). The second kappa shape index (κ2) is 3.95. The predicted octanol–water partition coefficient (Wildman–Crippen LogP) is -1.37. The van der Waals surface area contributed by atoms with Gasteiger partial charge in [-0.1, -0.05) is 0 Å². The molecule has 1 heterocycles. The topological polar surface area (TPSA) is 121 Å². The molecular formula is C8H10O7. The summed E-state index contributed by atoms with van der Waals surface area (Å²) in [5, 5.41) is 27.0. The van der Waals surface area contributed by atoms with E-state index in [-0.39, 0.29) is 13.0 Å². The van der Waals surface area contributed by atoms with Gasteiger partial charge in [-0.05, 0) is 0 Å². The Morgan fingerprint density at radius 2 is 2.00 bits per heavy atom. The van der Waals surface area contributed by atoms with Crippen LogP contribution in [-0.4, -0.2) is 51.4 Å². The third-order valence-electron chi connectivity index (χ3n) is 2.16. The lowest BCUT2D eigenvalue weighted by Gasteiger charge is -2.26. The number of hydrogen-bond donors (Lipinski definition) is 3. The smallest absolute Gasteiger partial charge is 0.339 e. The quantitative estimate of drug-likeness (QED) is 0.523. The van der Waals surface area contributed by atoms with Crippen LogP contribution in [0.2, 0.25) is 0 Å². The Labute approximate surface area is 84.3 Å². The first kappa shape index (κ1) is 11.6. The zero-order valence-corrected chi connectivity index (χ0v) is 7.67. The Kier molecular flexibility index (Phi) is 3.06. The number of aliphatic hydroxyl groups is 1. The summed E-state index contributed by atoms with van der Waals surface area (Å²) in [6.45, 7) is -0.203. The van der Waals surface area contributed by atoms with Gasteiger partial charge >= 0.3 is 11.9 Å². The maximum absolute atomic E-state index is 11.1. The van der Waals surface area contributed by atoms with Gasteiger partial charge in [0.15, 0.2) is 6.10 Å². The van der Waals surface area contributed by atoms with Crippen molar-refractivity contribution in [1.82, 2.24) is 0 Å². The molecule has 0 radical (unpaired) electrons. The Balaban J connectivity index is 3.06. The molecule has 7 heteroatoms. The molecule has 0 aromatic rings. The van der Waals surface area contributed by atoms with Crippen molar-refractivity contribution >= 4 is 17.7 Å². The SMILES string of the molecule is O=C1CCO[C@H](C(=O)O)[C@](O)(C(=O)O)C1. The standard InChI is InChI=1S/C8H10O7/c9-4-1-2-15-5(6(10)11)8(14,3-4)7(12)13/h5,14H,1-3H2,(H,10,11)(H,12,13)/t5-,8+/m1/s1. The average Bonchev–Trinajstić information content (AvgIpc) is 2.24. The average molecular weight is 218 g/mol. The van der Waals surface area contributed by atoms with E-state index in [2.05, 4.69) is 4.74 Å². The van der Waals surface area contributed by atoms with Crippen LogP contribution >= 0.6 is 0 Å². The van der Waals surface area contributed by atoms with E-state index in [1.165, 1.54) is 0 Å². The van der Waals surface area contributed by atoms with Crippen LogP contribution < -0.4 is 0 Å². The van der Waals surface area contributed by atoms with Crippen LogP contribution in [0.3, 0.4) is 0 Å². The van der Waals surface area contributed by atoms with Crippen molar-refractivity contribution in [3.8, 4) is 0 Å². The summed E-state index contributed by atoms with van der Waals surface area (Å²) >= 11 is 0. The maximum atomic E-state index is 11.1. The summed E-state index contributed by atoms with van der Waals surface area (Å²) in [5.41, 5.74) is -2.68. The first-order valence-electron chi connectivity index (χ1n) is 4.20. The van der Waals surface area contributed by atoms with Gasteiger partial charge in [-0.2, -0.15) is 0 Å². The van der Waals surface area contributed by atoms with E-state index in [9.17, 15) is 19.5 Å². The van der Waals surface area contributed by atoms with Crippen LogP contribution in [0.15, 0.2) is 0 Å². The van der Waals surface area contributed by atoms with Crippen LogP contribution in [0.4, 0.5) is 0 Å². The van der Waals surface area contributed by atoms with E-state index in [1.807, 2.05) is 0 Å². The molecule has 1 aliphatic heterocycles. The van der Waals surface area contributed by atoms with E-state index in [0.29, 0.717) is 0 Å². The molecular weight excluding hydrogens is 208 g/mol. The summed E-state index contributed by atoms with van der Waals surface area (Å²) in [5.74, 6) is -3.91. The zero-order valence-electron chi connectivity index (χ0n) is 7.67. The number of carboxylic acid groups (broad SMARTS) is 2. The van der Waals surface area contributed by atoms with Crippen LogP contribution in [0.25, 0.3) is 0 Å². The van der Waals surface area contributed by atoms with Crippen molar-refractivity contribution in [2.45, 2.75) is 24.5 Å². The second-order valence-corrected chi connectivity index (χ2v) is 3.28. The predicted molar refractivity (Wildman–Crippen MR) is 44.2 cm³/mol. The van der Waals surface area contributed by atoms with E-state index >= 15 is 0 Å². The van der Waals surface area contributed by atoms with E-state index in [0.717, 1.165) is 0 Å². The summed E-state index contributed by atoms with van der Waals surface area (Å²) in [7, 11) is 0. The minimum Gasteiger partial charge on any atom is -0.479 e. The molecule has 0 aromatic heterocycles. The van der Waals surface area contributed by atoms with Gasteiger partial charge in [0, 0.05) is 12.8 Å². The van der Waals surface area contributed by atoms with Crippen LogP contribution in [0.1, 0.15) is 12.8 Å². The summed E-state index contributed by atoms with van der Waals surface area (Å²) in [4.78, 5) is 32.5. The number of carbonyl (C=O) groups is 3. The van der Waals surface area contributed by atoms with Gasteiger partial charge in [0.2, 0.25) is 5.60 Å². The summed E-state index contributed by atoms with van der Waals surface area (Å²) < 4.78 is 4.66. The van der Waals surface area contributed by atoms with Crippen LogP contribution in [0, 0.1) is 0 Å². The van der Waals surface area contributed by atoms with Crippen molar-refractivity contribution in [2.24, 2.45) is 0 Å². The van der Waals surface area contributed by atoms with Crippen LogP contribution in [-0.2, 0) is 19.1 Å². The number of hydrogen-bond acceptors (Lipinski definition) is 5. The maximum Gasteiger partial charge on any atom is 0.339 e. The number of Topliss-reactive ketones (excluding diaryl/α,β-unsaturated/α-hetero) is 1. The van der Waals surface area contributed by atoms with E-state index < -0.39 is 35.8 Å². The lowest BCUT2D eigenvalue weighted by atomic mass is 9.91. The minimum absolute atomic E-state index is 0.0978. The van der Waals surface area contributed by atoms with Gasteiger partial charge in [0.25, 0.3) is 0 Å².